The third-order valence-corrected chi connectivity index (χ3v) is 5.74. The number of amidine groups is 1. The van der Waals surface area contributed by atoms with Gasteiger partial charge in [0.05, 0.1) is 19.2 Å². The molecule has 0 aromatic heterocycles. The van der Waals surface area contributed by atoms with Gasteiger partial charge in [-0.05, 0) is 48.9 Å². The predicted molar refractivity (Wildman–Crippen MR) is 100 cm³/mol. The Morgan fingerprint density at radius 2 is 2.00 bits per heavy atom. The van der Waals surface area contributed by atoms with Gasteiger partial charge >= 0.3 is 0 Å². The normalized spacial score (nSPS) is 27.7. The van der Waals surface area contributed by atoms with Gasteiger partial charge < -0.3 is 19.3 Å². The minimum absolute atomic E-state index is 0.273. The lowest BCUT2D eigenvalue weighted by Gasteiger charge is -2.48. The monoisotopic (exact) mass is 343 g/mol. The highest BCUT2D eigenvalue weighted by Gasteiger charge is 2.46. The summed E-state index contributed by atoms with van der Waals surface area (Å²) in [5.74, 6) is 1.58. The lowest BCUT2D eigenvalue weighted by molar-refractivity contribution is 0.191. The molecule has 0 saturated carbocycles. The van der Waals surface area contributed by atoms with Crippen LogP contribution in [0.5, 0.6) is 5.75 Å². The second kappa shape index (κ2) is 6.43. The van der Waals surface area contributed by atoms with E-state index in [0.29, 0.717) is 18.6 Å². The van der Waals surface area contributed by atoms with Crippen molar-refractivity contribution < 1.29 is 9.47 Å². The molecule has 5 nitrogen and oxygen atoms in total. The molecule has 0 aliphatic carbocycles. The Bertz CT molecular complexity index is 641. The second-order valence-electron chi connectivity index (χ2n) is 8.07. The van der Waals surface area contributed by atoms with Crippen molar-refractivity contribution in [2.24, 2.45) is 16.3 Å². The molecule has 136 valence electrons. The molecule has 1 aromatic carbocycles. The summed E-state index contributed by atoms with van der Waals surface area (Å²) >= 11 is 0. The predicted octanol–water partition coefficient (Wildman–Crippen LogP) is 3.01. The molecule has 0 N–H and O–H groups in total. The molecule has 2 bridgehead atoms. The van der Waals surface area contributed by atoms with Gasteiger partial charge in [0.2, 0.25) is 0 Å². The molecule has 1 aromatic rings. The fourth-order valence-corrected chi connectivity index (χ4v) is 4.69. The van der Waals surface area contributed by atoms with Gasteiger partial charge in [0.25, 0.3) is 6.02 Å². The standard InChI is InChI=1S/C20H29N3O2/c1-4-24-17-7-5-16(6-8-17)23-13-15-11-20(2,3)18(23)14-22(12-15)19-21-9-10-25-19/h5-8,15,18H,4,9-14H2,1-3H3/t15-,18-/m1/s1. The largest absolute Gasteiger partial charge is 0.494 e. The summed E-state index contributed by atoms with van der Waals surface area (Å²) in [6.07, 6.45) is 1.26. The summed E-state index contributed by atoms with van der Waals surface area (Å²) in [6.45, 7) is 12.2. The van der Waals surface area contributed by atoms with Crippen LogP contribution in [0, 0.1) is 11.3 Å². The van der Waals surface area contributed by atoms with Crippen LogP contribution in [-0.4, -0.2) is 56.4 Å². The minimum Gasteiger partial charge on any atom is -0.494 e. The average Bonchev–Trinajstić information content (AvgIpc) is 3.00. The van der Waals surface area contributed by atoms with Crippen molar-refractivity contribution in [1.82, 2.24) is 4.90 Å². The van der Waals surface area contributed by atoms with Crippen LogP contribution in [0.2, 0.25) is 0 Å². The summed E-state index contributed by atoms with van der Waals surface area (Å²) in [6, 6.07) is 9.90. The zero-order valence-corrected chi connectivity index (χ0v) is 15.6. The van der Waals surface area contributed by atoms with Crippen LogP contribution in [-0.2, 0) is 4.74 Å². The first-order valence-electron chi connectivity index (χ1n) is 9.48. The van der Waals surface area contributed by atoms with Crippen LogP contribution < -0.4 is 9.64 Å². The van der Waals surface area contributed by atoms with E-state index in [1.807, 2.05) is 6.92 Å². The lowest BCUT2D eigenvalue weighted by Crippen LogP contribution is -2.54. The Kier molecular flexibility index (Phi) is 4.26. The van der Waals surface area contributed by atoms with Crippen LogP contribution in [0.15, 0.2) is 29.3 Å². The number of anilines is 1. The molecular formula is C20H29N3O2. The molecule has 5 heteroatoms. The maximum Gasteiger partial charge on any atom is 0.287 e. The fourth-order valence-electron chi connectivity index (χ4n) is 4.69. The first-order valence-corrected chi connectivity index (χ1v) is 9.48. The first kappa shape index (κ1) is 16.6. The van der Waals surface area contributed by atoms with E-state index in [1.165, 1.54) is 12.1 Å². The molecule has 0 radical (unpaired) electrons. The third kappa shape index (κ3) is 3.16. The van der Waals surface area contributed by atoms with Gasteiger partial charge in [-0.15, -0.1) is 0 Å². The van der Waals surface area contributed by atoms with E-state index in [2.05, 4.69) is 52.9 Å². The van der Waals surface area contributed by atoms with E-state index < -0.39 is 0 Å². The summed E-state index contributed by atoms with van der Waals surface area (Å²) in [5, 5.41) is 0. The fraction of sp³-hybridized carbons (Fsp3) is 0.650. The molecule has 3 saturated heterocycles. The van der Waals surface area contributed by atoms with Gasteiger partial charge in [0.15, 0.2) is 0 Å². The zero-order valence-electron chi connectivity index (χ0n) is 15.6. The number of piperidine rings is 1. The number of benzene rings is 1. The molecule has 0 unspecified atom stereocenters. The van der Waals surface area contributed by atoms with E-state index in [-0.39, 0.29) is 5.41 Å². The van der Waals surface area contributed by atoms with Gasteiger partial charge in [-0.3, -0.25) is 0 Å². The van der Waals surface area contributed by atoms with Gasteiger partial charge in [0.1, 0.15) is 12.4 Å². The van der Waals surface area contributed by atoms with Crippen molar-refractivity contribution in [3.8, 4) is 5.75 Å². The molecule has 5 rings (SSSR count). The Morgan fingerprint density at radius 1 is 1.20 bits per heavy atom. The molecule has 3 fully saturated rings. The summed E-state index contributed by atoms with van der Waals surface area (Å²) < 4.78 is 11.4. The highest BCUT2D eigenvalue weighted by atomic mass is 16.5. The van der Waals surface area contributed by atoms with Gasteiger partial charge in [0, 0.05) is 25.3 Å². The van der Waals surface area contributed by atoms with Crippen LogP contribution in [0.3, 0.4) is 0 Å². The van der Waals surface area contributed by atoms with Crippen LogP contribution in [0.4, 0.5) is 5.69 Å². The number of ether oxygens (including phenoxy) is 2. The van der Waals surface area contributed by atoms with Crippen molar-refractivity contribution in [2.75, 3.05) is 44.3 Å². The highest BCUT2D eigenvalue weighted by Crippen LogP contribution is 2.43. The smallest absolute Gasteiger partial charge is 0.287 e. The maximum atomic E-state index is 5.77. The molecule has 0 spiro atoms. The molecule has 25 heavy (non-hydrogen) atoms. The molecule has 4 aliphatic rings. The number of rotatable bonds is 3. The third-order valence-electron chi connectivity index (χ3n) is 5.74. The highest BCUT2D eigenvalue weighted by molar-refractivity contribution is 5.75. The van der Waals surface area contributed by atoms with Gasteiger partial charge in [-0.25, -0.2) is 4.99 Å². The Morgan fingerprint density at radius 3 is 2.68 bits per heavy atom. The lowest BCUT2D eigenvalue weighted by atomic mass is 9.73. The number of fused-ring (bicyclic) bond motifs is 4. The van der Waals surface area contributed by atoms with Crippen LogP contribution in [0.25, 0.3) is 0 Å². The number of hydrogen-bond acceptors (Lipinski definition) is 5. The molecular weight excluding hydrogens is 314 g/mol. The Labute approximate surface area is 150 Å². The van der Waals surface area contributed by atoms with Crippen molar-refractivity contribution in [1.29, 1.82) is 0 Å². The van der Waals surface area contributed by atoms with Crippen molar-refractivity contribution in [3.63, 3.8) is 0 Å². The topological polar surface area (TPSA) is 37.3 Å². The number of aliphatic imine (C=N–C) groups is 1. The molecule has 0 amide bonds. The van der Waals surface area contributed by atoms with Gasteiger partial charge in [-0.2, -0.15) is 0 Å². The molecule has 4 aliphatic heterocycles. The van der Waals surface area contributed by atoms with Crippen LogP contribution in [0.1, 0.15) is 27.2 Å². The van der Waals surface area contributed by atoms with E-state index in [9.17, 15) is 0 Å². The molecule has 2 atom stereocenters. The Balaban J connectivity index is 1.60. The van der Waals surface area contributed by atoms with Crippen molar-refractivity contribution in [2.45, 2.75) is 33.2 Å². The zero-order chi connectivity index (χ0) is 17.4. The molecule has 4 heterocycles. The summed E-state index contributed by atoms with van der Waals surface area (Å²) in [4.78, 5) is 9.54. The SMILES string of the molecule is CCOc1ccc(N2C[C@H]3CN(C4=NCCO4)C[C@@H]2C(C)(C)C3)cc1. The summed E-state index contributed by atoms with van der Waals surface area (Å²) in [7, 11) is 0. The minimum atomic E-state index is 0.273. The quantitative estimate of drug-likeness (QED) is 0.845. The van der Waals surface area contributed by atoms with Gasteiger partial charge in [-0.1, -0.05) is 13.8 Å². The van der Waals surface area contributed by atoms with E-state index in [0.717, 1.165) is 44.6 Å². The number of nitrogens with zero attached hydrogens (tertiary/aromatic N) is 3. The number of hydrogen-bond donors (Lipinski definition) is 0. The summed E-state index contributed by atoms with van der Waals surface area (Å²) in [5.41, 5.74) is 1.57. The van der Waals surface area contributed by atoms with E-state index in [4.69, 9.17) is 9.47 Å². The first-order chi connectivity index (χ1) is 12.1. The Hall–Kier alpha value is -1.91. The average molecular weight is 343 g/mol. The van der Waals surface area contributed by atoms with Crippen molar-refractivity contribution >= 4 is 11.7 Å². The van der Waals surface area contributed by atoms with Crippen LogP contribution >= 0.6 is 0 Å². The second-order valence-corrected chi connectivity index (χ2v) is 8.07. The van der Waals surface area contributed by atoms with E-state index >= 15 is 0 Å². The van der Waals surface area contributed by atoms with Crippen molar-refractivity contribution in [3.05, 3.63) is 24.3 Å². The maximum absolute atomic E-state index is 5.77. The van der Waals surface area contributed by atoms with E-state index in [1.54, 1.807) is 0 Å².